The van der Waals surface area contributed by atoms with Crippen molar-refractivity contribution < 1.29 is 0 Å². The molecule has 2 nitrogen and oxygen atoms in total. The summed E-state index contributed by atoms with van der Waals surface area (Å²) in [6.45, 7) is 9.09. The molecular formula is C45H36N2. The smallest absolute Gasteiger partial charge is 0.0582 e. The molecule has 0 aliphatic carbocycles. The molecule has 0 saturated heterocycles. The van der Waals surface area contributed by atoms with E-state index in [9.17, 15) is 0 Å². The fraction of sp³-hybridized carbons (Fsp3) is 0.111. The van der Waals surface area contributed by atoms with Crippen LogP contribution in [0.15, 0.2) is 146 Å². The van der Waals surface area contributed by atoms with Gasteiger partial charge in [0.2, 0.25) is 0 Å². The van der Waals surface area contributed by atoms with Crippen molar-refractivity contribution in [3.63, 3.8) is 0 Å². The number of nitrogens with zero attached hydrogens (tertiary/aromatic N) is 2. The minimum Gasteiger partial charge on any atom is -0.310 e. The lowest BCUT2D eigenvalue weighted by molar-refractivity contribution is 0.630. The molecule has 9 rings (SSSR count). The van der Waals surface area contributed by atoms with E-state index in [-0.39, 0.29) is 5.41 Å². The van der Waals surface area contributed by atoms with Gasteiger partial charge in [-0.05, 0) is 107 Å². The molecule has 2 heteroatoms. The molecule has 1 aliphatic rings. The predicted molar refractivity (Wildman–Crippen MR) is 200 cm³/mol. The molecule has 0 spiro atoms. The van der Waals surface area contributed by atoms with Gasteiger partial charge in [-0.2, -0.15) is 0 Å². The molecule has 2 heterocycles. The molecule has 1 aromatic heterocycles. The number of para-hydroxylation sites is 2. The van der Waals surface area contributed by atoms with Crippen LogP contribution in [-0.2, 0) is 5.41 Å². The van der Waals surface area contributed by atoms with E-state index in [0.717, 1.165) is 11.4 Å². The summed E-state index contributed by atoms with van der Waals surface area (Å²) in [6.07, 6.45) is 0. The number of rotatable bonds is 4. The Labute approximate surface area is 276 Å². The average molecular weight is 605 g/mol. The zero-order chi connectivity index (χ0) is 31.9. The fourth-order valence-electron chi connectivity index (χ4n) is 8.09. The van der Waals surface area contributed by atoms with Crippen molar-refractivity contribution in [3.05, 3.63) is 168 Å². The highest BCUT2D eigenvalue weighted by Crippen LogP contribution is 2.48. The number of hydrogen-bond acceptors (Lipinski definition) is 1. The van der Waals surface area contributed by atoms with Crippen LogP contribution in [0.25, 0.3) is 49.4 Å². The van der Waals surface area contributed by atoms with Gasteiger partial charge in [0, 0.05) is 33.2 Å². The van der Waals surface area contributed by atoms with Gasteiger partial charge in [-0.15, -0.1) is 0 Å². The van der Waals surface area contributed by atoms with Crippen LogP contribution in [0.4, 0.5) is 17.1 Å². The lowest BCUT2D eigenvalue weighted by Gasteiger charge is -2.34. The van der Waals surface area contributed by atoms with E-state index in [1.54, 1.807) is 0 Å². The molecule has 0 amide bonds. The lowest BCUT2D eigenvalue weighted by Crippen LogP contribution is -2.26. The summed E-state index contributed by atoms with van der Waals surface area (Å²) in [7, 11) is 0. The predicted octanol–water partition coefficient (Wildman–Crippen LogP) is 12.3. The van der Waals surface area contributed by atoms with Gasteiger partial charge in [-0.25, -0.2) is 0 Å². The van der Waals surface area contributed by atoms with Gasteiger partial charge in [0.25, 0.3) is 0 Å². The molecule has 1 aliphatic heterocycles. The molecule has 0 N–H and O–H groups in total. The van der Waals surface area contributed by atoms with Crippen LogP contribution in [-0.4, -0.2) is 4.57 Å². The summed E-state index contributed by atoms with van der Waals surface area (Å²) in [5, 5.41) is 5.11. The summed E-state index contributed by atoms with van der Waals surface area (Å²) in [4.78, 5) is 2.41. The van der Waals surface area contributed by atoms with Crippen molar-refractivity contribution in [2.75, 3.05) is 4.90 Å². The Balaban J connectivity index is 1.25. The molecule has 0 unspecified atom stereocenters. The minimum atomic E-state index is -0.0831. The Kier molecular flexibility index (Phi) is 6.01. The van der Waals surface area contributed by atoms with E-state index in [0.29, 0.717) is 0 Å². The molecule has 0 fully saturated rings. The molecule has 8 aromatic rings. The van der Waals surface area contributed by atoms with Crippen molar-refractivity contribution in [2.45, 2.75) is 33.1 Å². The topological polar surface area (TPSA) is 8.17 Å². The molecule has 0 bridgehead atoms. The van der Waals surface area contributed by atoms with Gasteiger partial charge in [-0.1, -0.05) is 111 Å². The number of fused-ring (bicyclic) bond motifs is 6. The summed E-state index contributed by atoms with van der Waals surface area (Å²) in [5.41, 5.74) is 14.9. The number of aromatic nitrogens is 1. The van der Waals surface area contributed by atoms with Crippen molar-refractivity contribution in [1.29, 1.82) is 0 Å². The molecule has 0 atom stereocenters. The minimum absolute atomic E-state index is 0.0831. The first-order chi connectivity index (χ1) is 22.9. The number of benzene rings is 7. The fourth-order valence-corrected chi connectivity index (χ4v) is 8.09. The summed E-state index contributed by atoms with van der Waals surface area (Å²) in [5.74, 6) is 0. The largest absolute Gasteiger partial charge is 0.310 e. The van der Waals surface area contributed by atoms with Crippen molar-refractivity contribution >= 4 is 49.6 Å². The van der Waals surface area contributed by atoms with Gasteiger partial charge in [-0.3, -0.25) is 0 Å². The van der Waals surface area contributed by atoms with Crippen molar-refractivity contribution in [1.82, 2.24) is 4.57 Å². The Morgan fingerprint density at radius 1 is 0.511 bits per heavy atom. The lowest BCUT2D eigenvalue weighted by atomic mass is 9.75. The Hall–Kier alpha value is -5.60. The van der Waals surface area contributed by atoms with Crippen LogP contribution < -0.4 is 4.90 Å². The van der Waals surface area contributed by atoms with Crippen LogP contribution >= 0.6 is 0 Å². The Morgan fingerprint density at radius 2 is 1.17 bits per heavy atom. The van der Waals surface area contributed by atoms with Gasteiger partial charge in [0.05, 0.1) is 16.7 Å². The Morgan fingerprint density at radius 3 is 2.00 bits per heavy atom. The molecule has 226 valence electrons. The van der Waals surface area contributed by atoms with E-state index in [1.165, 1.54) is 77.3 Å². The zero-order valence-electron chi connectivity index (χ0n) is 27.3. The van der Waals surface area contributed by atoms with Crippen LogP contribution in [0.2, 0.25) is 0 Å². The van der Waals surface area contributed by atoms with Crippen LogP contribution in [0.5, 0.6) is 0 Å². The molecule has 0 saturated carbocycles. The van der Waals surface area contributed by atoms with E-state index >= 15 is 0 Å². The van der Waals surface area contributed by atoms with Gasteiger partial charge in [0.1, 0.15) is 0 Å². The molecule has 7 aromatic carbocycles. The van der Waals surface area contributed by atoms with Gasteiger partial charge < -0.3 is 9.47 Å². The highest BCUT2D eigenvalue weighted by Gasteiger charge is 2.34. The van der Waals surface area contributed by atoms with E-state index in [4.69, 9.17) is 0 Å². The second-order valence-corrected chi connectivity index (χ2v) is 13.6. The quantitative estimate of drug-likeness (QED) is 0.194. The third-order valence-electron chi connectivity index (χ3n) is 10.2. The monoisotopic (exact) mass is 604 g/mol. The van der Waals surface area contributed by atoms with E-state index in [2.05, 4.69) is 183 Å². The summed E-state index contributed by atoms with van der Waals surface area (Å²) < 4.78 is 2.49. The Bertz CT molecular complexity index is 2490. The normalized spacial score (nSPS) is 13.3. The van der Waals surface area contributed by atoms with Crippen molar-refractivity contribution in [3.8, 4) is 16.8 Å². The highest BCUT2D eigenvalue weighted by atomic mass is 15.1. The molecule has 0 radical (unpaired) electrons. The van der Waals surface area contributed by atoms with E-state index in [1.807, 2.05) is 0 Å². The second-order valence-electron chi connectivity index (χ2n) is 13.6. The number of aryl methyl sites for hydroxylation is 2. The SMILES string of the molecule is Cc1cc(C)cc(N(c2ccc(-c3cccc4ccccc34)cc2)c2ccc3c(c2)c2cccc4c2n3-c2ccccc2C4(C)C)c1. The van der Waals surface area contributed by atoms with Crippen LogP contribution in [0.1, 0.15) is 36.1 Å². The standard InChI is InChI=1S/C45H36N2/c1-29-25-30(2)27-35(26-29)46(33-21-19-32(20-22-33)37-14-9-12-31-11-5-6-13-36(31)37)34-23-24-42-39(28-34)38-15-10-17-41-44(38)47(42)43-18-8-7-16-40(43)45(41,3)4/h5-28H,1-4H3. The van der Waals surface area contributed by atoms with Gasteiger partial charge in [0.15, 0.2) is 0 Å². The van der Waals surface area contributed by atoms with Gasteiger partial charge >= 0.3 is 0 Å². The first-order valence-electron chi connectivity index (χ1n) is 16.5. The maximum absolute atomic E-state index is 2.49. The first-order valence-corrected chi connectivity index (χ1v) is 16.5. The average Bonchev–Trinajstić information content (AvgIpc) is 3.41. The maximum atomic E-state index is 2.49. The summed E-state index contributed by atoms with van der Waals surface area (Å²) >= 11 is 0. The molecular weight excluding hydrogens is 569 g/mol. The first kappa shape index (κ1) is 27.7. The number of hydrogen-bond donors (Lipinski definition) is 0. The molecule has 47 heavy (non-hydrogen) atoms. The zero-order valence-corrected chi connectivity index (χ0v) is 27.3. The van der Waals surface area contributed by atoms with E-state index < -0.39 is 0 Å². The third kappa shape index (κ3) is 4.18. The second kappa shape index (κ2) is 10.2. The highest BCUT2D eigenvalue weighted by molar-refractivity contribution is 6.13. The third-order valence-corrected chi connectivity index (χ3v) is 10.2. The van der Waals surface area contributed by atoms with Crippen molar-refractivity contribution in [2.24, 2.45) is 0 Å². The van der Waals surface area contributed by atoms with Crippen LogP contribution in [0.3, 0.4) is 0 Å². The number of anilines is 3. The van der Waals surface area contributed by atoms with Crippen LogP contribution in [0, 0.1) is 13.8 Å². The summed E-state index contributed by atoms with van der Waals surface area (Å²) in [6, 6.07) is 53.9. The maximum Gasteiger partial charge on any atom is 0.0582 e.